The number of likely N-dealkylation sites (tertiary alicyclic amines) is 1. The van der Waals surface area contributed by atoms with Gasteiger partial charge in [-0.3, -0.25) is 9.78 Å². The zero-order chi connectivity index (χ0) is 13.3. The molecule has 0 radical (unpaired) electrons. The first-order valence-electron chi connectivity index (χ1n) is 6.47. The molecule has 102 valence electrons. The van der Waals surface area contributed by atoms with Gasteiger partial charge in [0.1, 0.15) is 0 Å². The maximum absolute atomic E-state index is 12.3. The number of amides is 1. The molecule has 2 aliphatic heterocycles. The number of carbonyl (C=O) groups is 1. The molecule has 1 aromatic rings. The van der Waals surface area contributed by atoms with E-state index in [2.05, 4.69) is 4.98 Å². The molecule has 3 rings (SSSR count). The van der Waals surface area contributed by atoms with Gasteiger partial charge >= 0.3 is 0 Å². The molecule has 3 heterocycles. The van der Waals surface area contributed by atoms with Crippen LogP contribution in [0.1, 0.15) is 23.2 Å². The molecule has 1 spiro atoms. The molecular weight excluding hydrogens is 246 g/mol. The number of nitrogens with two attached hydrogens (primary N) is 1. The van der Waals surface area contributed by atoms with Crippen molar-refractivity contribution >= 4 is 11.6 Å². The quantitative estimate of drug-likeness (QED) is 0.804. The molecule has 0 bridgehead atoms. The second kappa shape index (κ2) is 4.79. The molecule has 1 aromatic heterocycles. The largest absolute Gasteiger partial charge is 0.398 e. The van der Waals surface area contributed by atoms with E-state index in [1.165, 1.54) is 6.20 Å². The number of anilines is 1. The van der Waals surface area contributed by atoms with Crippen LogP contribution in [0, 0.1) is 0 Å². The van der Waals surface area contributed by atoms with Gasteiger partial charge in [0.05, 0.1) is 18.8 Å². The Morgan fingerprint density at radius 1 is 1.32 bits per heavy atom. The Morgan fingerprint density at radius 2 is 2.00 bits per heavy atom. The zero-order valence-electron chi connectivity index (χ0n) is 10.7. The summed E-state index contributed by atoms with van der Waals surface area (Å²) in [5.41, 5.74) is 6.74. The van der Waals surface area contributed by atoms with Gasteiger partial charge in [-0.15, -0.1) is 0 Å². The fourth-order valence-electron chi connectivity index (χ4n) is 2.59. The van der Waals surface area contributed by atoms with E-state index in [0.29, 0.717) is 50.4 Å². The third-order valence-electron chi connectivity index (χ3n) is 3.71. The molecule has 0 aromatic carbocycles. The van der Waals surface area contributed by atoms with Crippen molar-refractivity contribution in [3.8, 4) is 0 Å². The maximum atomic E-state index is 12.3. The lowest BCUT2D eigenvalue weighted by atomic mass is 10.0. The monoisotopic (exact) mass is 263 g/mol. The van der Waals surface area contributed by atoms with Gasteiger partial charge in [-0.1, -0.05) is 0 Å². The highest BCUT2D eigenvalue weighted by atomic mass is 16.7. The average Bonchev–Trinajstić information content (AvgIpc) is 2.88. The van der Waals surface area contributed by atoms with Crippen LogP contribution in [0.4, 0.5) is 5.69 Å². The third-order valence-corrected chi connectivity index (χ3v) is 3.71. The predicted molar refractivity (Wildman–Crippen MR) is 68.4 cm³/mol. The summed E-state index contributed by atoms with van der Waals surface area (Å²) in [4.78, 5) is 18.1. The van der Waals surface area contributed by atoms with E-state index in [9.17, 15) is 4.79 Å². The Hall–Kier alpha value is -1.66. The van der Waals surface area contributed by atoms with Gasteiger partial charge in [0.15, 0.2) is 5.79 Å². The Morgan fingerprint density at radius 3 is 2.63 bits per heavy atom. The number of hydrogen-bond donors (Lipinski definition) is 1. The van der Waals surface area contributed by atoms with Gasteiger partial charge in [0.2, 0.25) is 0 Å². The number of pyridine rings is 1. The fourth-order valence-corrected chi connectivity index (χ4v) is 2.59. The molecule has 19 heavy (non-hydrogen) atoms. The number of ether oxygens (including phenoxy) is 2. The Balaban J connectivity index is 1.68. The minimum atomic E-state index is -0.461. The van der Waals surface area contributed by atoms with Gasteiger partial charge in [0, 0.05) is 44.0 Å². The van der Waals surface area contributed by atoms with Crippen LogP contribution < -0.4 is 5.73 Å². The molecule has 0 atom stereocenters. The third kappa shape index (κ3) is 2.29. The van der Waals surface area contributed by atoms with E-state index >= 15 is 0 Å². The summed E-state index contributed by atoms with van der Waals surface area (Å²) in [6, 6.07) is 1.64. The Bertz CT molecular complexity index is 476. The zero-order valence-corrected chi connectivity index (χ0v) is 10.7. The van der Waals surface area contributed by atoms with Crippen LogP contribution in [0.25, 0.3) is 0 Å². The summed E-state index contributed by atoms with van der Waals surface area (Å²) < 4.78 is 11.3. The van der Waals surface area contributed by atoms with Crippen molar-refractivity contribution in [2.24, 2.45) is 0 Å². The van der Waals surface area contributed by atoms with Crippen molar-refractivity contribution in [2.45, 2.75) is 18.6 Å². The van der Waals surface area contributed by atoms with Crippen molar-refractivity contribution in [3.63, 3.8) is 0 Å². The number of aromatic nitrogens is 1. The molecule has 2 saturated heterocycles. The van der Waals surface area contributed by atoms with E-state index in [-0.39, 0.29) is 5.91 Å². The molecule has 2 N–H and O–H groups in total. The first-order valence-corrected chi connectivity index (χ1v) is 6.47. The van der Waals surface area contributed by atoms with E-state index in [0.717, 1.165) is 0 Å². The van der Waals surface area contributed by atoms with Crippen LogP contribution in [-0.4, -0.2) is 47.9 Å². The number of nitrogens with zero attached hydrogens (tertiary/aromatic N) is 2. The lowest BCUT2D eigenvalue weighted by Gasteiger charge is -2.37. The molecule has 0 aliphatic carbocycles. The summed E-state index contributed by atoms with van der Waals surface area (Å²) in [6.45, 7) is 2.52. The molecule has 2 fully saturated rings. The number of hydrogen-bond acceptors (Lipinski definition) is 5. The van der Waals surface area contributed by atoms with Gasteiger partial charge in [-0.05, 0) is 6.07 Å². The molecule has 1 amide bonds. The first-order chi connectivity index (χ1) is 9.20. The summed E-state index contributed by atoms with van der Waals surface area (Å²) >= 11 is 0. The van der Waals surface area contributed by atoms with Crippen LogP contribution in [0.2, 0.25) is 0 Å². The van der Waals surface area contributed by atoms with E-state index in [1.807, 2.05) is 0 Å². The van der Waals surface area contributed by atoms with Gasteiger partial charge in [-0.25, -0.2) is 0 Å². The summed E-state index contributed by atoms with van der Waals surface area (Å²) in [7, 11) is 0. The van der Waals surface area contributed by atoms with E-state index in [4.69, 9.17) is 15.2 Å². The molecule has 2 aliphatic rings. The number of nitrogen functional groups attached to an aromatic ring is 1. The van der Waals surface area contributed by atoms with E-state index in [1.54, 1.807) is 17.2 Å². The van der Waals surface area contributed by atoms with Crippen LogP contribution >= 0.6 is 0 Å². The Kier molecular flexibility index (Phi) is 3.12. The smallest absolute Gasteiger partial charge is 0.257 e. The SMILES string of the molecule is Nc1ccncc1C(=O)N1CCC2(CC1)OCCO2. The molecule has 6 nitrogen and oxygen atoms in total. The minimum Gasteiger partial charge on any atom is -0.398 e. The highest BCUT2D eigenvalue weighted by molar-refractivity contribution is 5.98. The van der Waals surface area contributed by atoms with Gasteiger partial charge in [0.25, 0.3) is 5.91 Å². The molecule has 6 heteroatoms. The second-order valence-electron chi connectivity index (χ2n) is 4.86. The van der Waals surface area contributed by atoms with Crippen molar-refractivity contribution < 1.29 is 14.3 Å². The number of piperidine rings is 1. The average molecular weight is 263 g/mol. The maximum Gasteiger partial charge on any atom is 0.257 e. The minimum absolute atomic E-state index is 0.0709. The normalized spacial score (nSPS) is 21.8. The predicted octanol–water partition coefficient (Wildman–Crippen LogP) is 0.643. The lowest BCUT2D eigenvalue weighted by Crippen LogP contribution is -2.47. The lowest BCUT2D eigenvalue weighted by molar-refractivity contribution is -0.181. The van der Waals surface area contributed by atoms with Crippen LogP contribution in [-0.2, 0) is 9.47 Å². The van der Waals surface area contributed by atoms with E-state index < -0.39 is 5.79 Å². The van der Waals surface area contributed by atoms with Crippen molar-refractivity contribution in [2.75, 3.05) is 32.0 Å². The van der Waals surface area contributed by atoms with Crippen LogP contribution in [0.15, 0.2) is 18.5 Å². The number of rotatable bonds is 1. The standard InChI is InChI=1S/C13H17N3O3/c14-11-1-4-15-9-10(11)12(17)16-5-2-13(3-6-16)18-7-8-19-13/h1,4,9H,2-3,5-8H2,(H2,14,15). The fraction of sp³-hybridized carbons (Fsp3) is 0.538. The topological polar surface area (TPSA) is 77.7 Å². The van der Waals surface area contributed by atoms with Gasteiger partial charge < -0.3 is 20.1 Å². The summed E-state index contributed by atoms with van der Waals surface area (Å²) in [5, 5.41) is 0. The molecular formula is C13H17N3O3. The molecule has 0 saturated carbocycles. The van der Waals surface area contributed by atoms with Crippen LogP contribution in [0.5, 0.6) is 0 Å². The number of carbonyl (C=O) groups excluding carboxylic acids is 1. The first kappa shape index (κ1) is 12.4. The Labute approximate surface area is 111 Å². The summed E-state index contributed by atoms with van der Waals surface area (Å²) in [5.74, 6) is -0.532. The van der Waals surface area contributed by atoms with Crippen molar-refractivity contribution in [1.82, 2.24) is 9.88 Å². The van der Waals surface area contributed by atoms with Crippen molar-refractivity contribution in [1.29, 1.82) is 0 Å². The highest BCUT2D eigenvalue weighted by Crippen LogP contribution is 2.31. The second-order valence-corrected chi connectivity index (χ2v) is 4.86. The highest BCUT2D eigenvalue weighted by Gasteiger charge is 2.41. The van der Waals surface area contributed by atoms with Crippen LogP contribution in [0.3, 0.4) is 0 Å². The molecule has 0 unspecified atom stereocenters. The van der Waals surface area contributed by atoms with Gasteiger partial charge in [-0.2, -0.15) is 0 Å². The summed E-state index contributed by atoms with van der Waals surface area (Å²) in [6.07, 6.45) is 4.51. The van der Waals surface area contributed by atoms with Crippen molar-refractivity contribution in [3.05, 3.63) is 24.0 Å².